The van der Waals surface area contributed by atoms with Crippen molar-refractivity contribution in [1.82, 2.24) is 14.5 Å². The maximum absolute atomic E-state index is 12.6. The van der Waals surface area contributed by atoms with Gasteiger partial charge in [0.15, 0.2) is 0 Å². The lowest BCUT2D eigenvalue weighted by atomic mass is 10.0. The Morgan fingerprint density at radius 3 is 2.19 bits per heavy atom. The topological polar surface area (TPSA) is 52.7 Å². The second-order valence-corrected chi connectivity index (χ2v) is 8.70. The van der Waals surface area contributed by atoms with Gasteiger partial charge in [0.05, 0.1) is 4.90 Å². The van der Waals surface area contributed by atoms with Gasteiger partial charge in [0.1, 0.15) is 0 Å². The normalized spacial score (nSPS) is 17.9. The van der Waals surface area contributed by atoms with Crippen molar-refractivity contribution in [2.75, 3.05) is 39.8 Å². The van der Waals surface area contributed by atoms with Gasteiger partial charge in [0.2, 0.25) is 10.0 Å². The summed E-state index contributed by atoms with van der Waals surface area (Å²) in [7, 11) is -1.39. The Hall–Kier alpha value is -1.73. The molecule has 0 aliphatic carbocycles. The van der Waals surface area contributed by atoms with Crippen molar-refractivity contribution in [1.29, 1.82) is 0 Å². The van der Waals surface area contributed by atoms with Crippen molar-refractivity contribution in [2.45, 2.75) is 17.9 Å². The van der Waals surface area contributed by atoms with Crippen molar-refractivity contribution in [3.8, 4) is 0 Å². The summed E-state index contributed by atoms with van der Waals surface area (Å²) in [6, 6.07) is 17.0. The number of sulfonamides is 1. The van der Waals surface area contributed by atoms with Crippen molar-refractivity contribution in [3.05, 3.63) is 65.7 Å². The summed E-state index contributed by atoms with van der Waals surface area (Å²) in [6.07, 6.45) is 0. The molecular formula is C20H27N3O2S. The molecule has 1 heterocycles. The van der Waals surface area contributed by atoms with Gasteiger partial charge >= 0.3 is 0 Å². The van der Waals surface area contributed by atoms with Crippen molar-refractivity contribution in [2.24, 2.45) is 0 Å². The minimum Gasteiger partial charge on any atom is -0.304 e. The smallest absolute Gasteiger partial charge is 0.240 e. The molecule has 5 nitrogen and oxygen atoms in total. The molecule has 0 unspecified atom stereocenters. The first-order chi connectivity index (χ1) is 12.5. The molecular weight excluding hydrogens is 346 g/mol. The summed E-state index contributed by atoms with van der Waals surface area (Å²) in [4.78, 5) is 4.98. The van der Waals surface area contributed by atoms with Crippen LogP contribution in [0, 0.1) is 6.92 Å². The number of hydrogen-bond acceptors (Lipinski definition) is 4. The van der Waals surface area contributed by atoms with E-state index in [0.29, 0.717) is 11.4 Å². The lowest BCUT2D eigenvalue weighted by Gasteiger charge is -2.38. The number of benzene rings is 2. The van der Waals surface area contributed by atoms with Crippen molar-refractivity contribution >= 4 is 10.0 Å². The summed E-state index contributed by atoms with van der Waals surface area (Å²) in [6.45, 7) is 6.28. The molecule has 0 spiro atoms. The average molecular weight is 374 g/mol. The van der Waals surface area contributed by atoms with Gasteiger partial charge in [-0.15, -0.1) is 0 Å². The zero-order valence-corrected chi connectivity index (χ0v) is 16.2. The summed E-state index contributed by atoms with van der Waals surface area (Å²) in [5, 5.41) is 0. The Kier molecular flexibility index (Phi) is 6.09. The first-order valence-corrected chi connectivity index (χ1v) is 10.5. The maximum atomic E-state index is 12.6. The Morgan fingerprint density at radius 1 is 0.962 bits per heavy atom. The fourth-order valence-corrected chi connectivity index (χ4v) is 4.31. The average Bonchev–Trinajstić information content (AvgIpc) is 2.65. The first kappa shape index (κ1) is 19.0. The van der Waals surface area contributed by atoms with Crippen LogP contribution in [0.5, 0.6) is 0 Å². The molecule has 1 N–H and O–H groups in total. The van der Waals surface area contributed by atoms with Gasteiger partial charge in [-0.05, 0) is 31.7 Å². The van der Waals surface area contributed by atoms with E-state index in [1.807, 2.05) is 6.07 Å². The third-order valence-electron chi connectivity index (χ3n) is 4.96. The molecule has 1 aliphatic rings. The molecule has 140 valence electrons. The molecule has 1 atom stereocenters. The second kappa shape index (κ2) is 8.31. The summed E-state index contributed by atoms with van der Waals surface area (Å²) in [5.41, 5.74) is 2.35. The van der Waals surface area contributed by atoms with E-state index in [0.717, 1.165) is 31.7 Å². The Balaban J connectivity index is 1.78. The van der Waals surface area contributed by atoms with Crippen LogP contribution in [0.4, 0.5) is 0 Å². The van der Waals surface area contributed by atoms with Crippen LogP contribution >= 0.6 is 0 Å². The highest BCUT2D eigenvalue weighted by atomic mass is 32.2. The molecule has 0 amide bonds. The number of nitrogens with one attached hydrogen (secondary N) is 1. The minimum absolute atomic E-state index is 0.0304. The molecule has 0 saturated carbocycles. The molecule has 2 aromatic rings. The summed E-state index contributed by atoms with van der Waals surface area (Å²) >= 11 is 0. The van der Waals surface area contributed by atoms with Gasteiger partial charge in [-0.3, -0.25) is 4.90 Å². The van der Waals surface area contributed by atoms with Crippen LogP contribution in [-0.2, 0) is 10.0 Å². The van der Waals surface area contributed by atoms with Gasteiger partial charge in [0, 0.05) is 38.8 Å². The highest BCUT2D eigenvalue weighted by Gasteiger charge is 2.25. The second-order valence-electron chi connectivity index (χ2n) is 6.93. The third-order valence-corrected chi connectivity index (χ3v) is 6.40. The lowest BCUT2D eigenvalue weighted by molar-refractivity contribution is 0.113. The van der Waals surface area contributed by atoms with Crippen molar-refractivity contribution in [3.63, 3.8) is 0 Å². The summed E-state index contributed by atoms with van der Waals surface area (Å²) < 4.78 is 28.1. The standard InChI is InChI=1S/C20H27N3O2S/c1-17-8-10-18(11-9-17)20(23-14-12-22(2)13-15-23)16-21-26(24,25)19-6-4-3-5-7-19/h3-11,20-21H,12-16H2,1-2H3/t20-/m0/s1. The fraction of sp³-hybridized carbons (Fsp3) is 0.400. The van der Waals surface area contributed by atoms with E-state index in [-0.39, 0.29) is 6.04 Å². The van der Waals surface area contributed by atoms with E-state index < -0.39 is 10.0 Å². The quantitative estimate of drug-likeness (QED) is 0.844. The number of hydrogen-bond donors (Lipinski definition) is 1. The highest BCUT2D eigenvalue weighted by molar-refractivity contribution is 7.89. The highest BCUT2D eigenvalue weighted by Crippen LogP contribution is 2.23. The number of rotatable bonds is 6. The van der Waals surface area contributed by atoms with Crippen LogP contribution in [-0.4, -0.2) is 58.0 Å². The van der Waals surface area contributed by atoms with E-state index in [4.69, 9.17) is 0 Å². The van der Waals surface area contributed by atoms with E-state index in [1.165, 1.54) is 5.56 Å². The molecule has 1 fully saturated rings. The fourth-order valence-electron chi connectivity index (χ4n) is 3.25. The van der Waals surface area contributed by atoms with Crippen LogP contribution in [0.3, 0.4) is 0 Å². The van der Waals surface area contributed by atoms with E-state index in [9.17, 15) is 8.42 Å². The molecule has 0 aromatic heterocycles. The lowest BCUT2D eigenvalue weighted by Crippen LogP contribution is -2.48. The molecule has 0 radical (unpaired) electrons. The van der Waals surface area contributed by atoms with E-state index >= 15 is 0 Å². The van der Waals surface area contributed by atoms with Crippen LogP contribution in [0.15, 0.2) is 59.5 Å². The SMILES string of the molecule is Cc1ccc([C@H](CNS(=O)(=O)c2ccccc2)N2CCN(C)CC2)cc1. The summed E-state index contributed by atoms with van der Waals surface area (Å²) in [5.74, 6) is 0. The predicted octanol–water partition coefficient (Wildman–Crippen LogP) is 2.26. The largest absolute Gasteiger partial charge is 0.304 e. The zero-order chi connectivity index (χ0) is 18.6. The van der Waals surface area contributed by atoms with E-state index in [1.54, 1.807) is 24.3 Å². The van der Waals surface area contributed by atoms with Gasteiger partial charge < -0.3 is 4.90 Å². The number of aryl methyl sites for hydroxylation is 1. The zero-order valence-electron chi connectivity index (χ0n) is 15.4. The van der Waals surface area contributed by atoms with Gasteiger partial charge in [-0.2, -0.15) is 0 Å². The van der Waals surface area contributed by atoms with Crippen LogP contribution in [0.2, 0.25) is 0 Å². The molecule has 2 aromatic carbocycles. The molecule has 26 heavy (non-hydrogen) atoms. The molecule has 1 aliphatic heterocycles. The number of nitrogens with zero attached hydrogens (tertiary/aromatic N) is 2. The molecule has 0 bridgehead atoms. The maximum Gasteiger partial charge on any atom is 0.240 e. The van der Waals surface area contributed by atoms with Crippen molar-refractivity contribution < 1.29 is 8.42 Å². The molecule has 6 heteroatoms. The Bertz CT molecular complexity index is 799. The number of likely N-dealkylation sites (N-methyl/N-ethyl adjacent to an activating group) is 1. The third kappa shape index (κ3) is 4.71. The van der Waals surface area contributed by atoms with Gasteiger partial charge in [-0.25, -0.2) is 13.1 Å². The van der Waals surface area contributed by atoms with E-state index in [2.05, 4.69) is 52.8 Å². The van der Waals surface area contributed by atoms with Crippen LogP contribution in [0.25, 0.3) is 0 Å². The van der Waals surface area contributed by atoms with Gasteiger partial charge in [0.25, 0.3) is 0 Å². The Morgan fingerprint density at radius 2 is 1.58 bits per heavy atom. The van der Waals surface area contributed by atoms with Gasteiger partial charge in [-0.1, -0.05) is 48.0 Å². The minimum atomic E-state index is -3.51. The van der Waals surface area contributed by atoms with Crippen LogP contribution in [0.1, 0.15) is 17.2 Å². The Labute approximate surface area is 156 Å². The molecule has 3 rings (SSSR count). The monoisotopic (exact) mass is 373 g/mol. The predicted molar refractivity (Wildman–Crippen MR) is 105 cm³/mol. The number of piperazine rings is 1. The van der Waals surface area contributed by atoms with Crippen LogP contribution < -0.4 is 4.72 Å². The molecule has 1 saturated heterocycles. The first-order valence-electron chi connectivity index (χ1n) is 8.99.